The lowest BCUT2D eigenvalue weighted by Crippen LogP contribution is -1.91. The van der Waals surface area contributed by atoms with Gasteiger partial charge in [0, 0.05) is 17.8 Å². The van der Waals surface area contributed by atoms with Crippen molar-refractivity contribution in [1.82, 2.24) is 14.6 Å². The Hall–Kier alpha value is -2.74. The fraction of sp³-hybridized carbons (Fsp3) is 0.0714. The molecule has 0 atom stereocenters. The van der Waals surface area contributed by atoms with Gasteiger partial charge in [0.1, 0.15) is 5.82 Å². The first kappa shape index (κ1) is 11.4. The zero-order valence-electron chi connectivity index (χ0n) is 10.1. The molecular formula is C14H9FN4. The fourth-order valence-corrected chi connectivity index (χ4v) is 1.94. The Morgan fingerprint density at radius 3 is 2.79 bits per heavy atom. The van der Waals surface area contributed by atoms with Crippen LogP contribution in [0.15, 0.2) is 36.5 Å². The highest BCUT2D eigenvalue weighted by atomic mass is 19.1. The van der Waals surface area contributed by atoms with Gasteiger partial charge in [-0.25, -0.2) is 4.39 Å². The van der Waals surface area contributed by atoms with Crippen LogP contribution in [0.1, 0.15) is 11.1 Å². The monoisotopic (exact) mass is 252 g/mol. The SMILES string of the molecule is Cc1cc(-c2nnc3cc(C#N)ccn23)ccc1F. The van der Waals surface area contributed by atoms with E-state index < -0.39 is 0 Å². The van der Waals surface area contributed by atoms with Gasteiger partial charge in [-0.3, -0.25) is 4.40 Å². The Kier molecular flexibility index (Phi) is 2.50. The maximum atomic E-state index is 13.3. The Labute approximate surface area is 108 Å². The Morgan fingerprint density at radius 1 is 1.21 bits per heavy atom. The molecule has 0 aliphatic heterocycles. The lowest BCUT2D eigenvalue weighted by molar-refractivity contribution is 0.618. The summed E-state index contributed by atoms with van der Waals surface area (Å²) in [6.45, 7) is 1.70. The zero-order chi connectivity index (χ0) is 13.4. The molecule has 0 aliphatic carbocycles. The topological polar surface area (TPSA) is 54.0 Å². The van der Waals surface area contributed by atoms with Gasteiger partial charge in [0.2, 0.25) is 0 Å². The molecule has 3 aromatic rings. The molecule has 0 bridgehead atoms. The summed E-state index contributed by atoms with van der Waals surface area (Å²) in [6.07, 6.45) is 1.74. The molecule has 0 aliphatic rings. The van der Waals surface area contributed by atoms with E-state index in [1.807, 2.05) is 0 Å². The predicted octanol–water partition coefficient (Wildman–Crippen LogP) is 2.72. The molecule has 92 valence electrons. The average molecular weight is 252 g/mol. The van der Waals surface area contributed by atoms with Crippen LogP contribution in [0.25, 0.3) is 17.0 Å². The second-order valence-electron chi connectivity index (χ2n) is 4.24. The number of hydrogen-bond donors (Lipinski definition) is 0. The van der Waals surface area contributed by atoms with E-state index in [2.05, 4.69) is 16.3 Å². The van der Waals surface area contributed by atoms with E-state index in [4.69, 9.17) is 5.26 Å². The number of aryl methyl sites for hydroxylation is 1. The number of nitriles is 1. The van der Waals surface area contributed by atoms with Crippen molar-refractivity contribution >= 4 is 5.65 Å². The van der Waals surface area contributed by atoms with Gasteiger partial charge in [-0.2, -0.15) is 5.26 Å². The highest BCUT2D eigenvalue weighted by molar-refractivity contribution is 5.61. The Balaban J connectivity index is 2.20. The summed E-state index contributed by atoms with van der Waals surface area (Å²) in [5.74, 6) is 0.381. The molecule has 2 heterocycles. The first-order valence-electron chi connectivity index (χ1n) is 5.70. The van der Waals surface area contributed by atoms with E-state index in [-0.39, 0.29) is 5.82 Å². The molecule has 0 radical (unpaired) electrons. The normalized spacial score (nSPS) is 10.6. The molecule has 0 amide bonds. The molecule has 4 nitrogen and oxygen atoms in total. The van der Waals surface area contributed by atoms with Crippen LogP contribution in [0.2, 0.25) is 0 Å². The molecule has 19 heavy (non-hydrogen) atoms. The van der Waals surface area contributed by atoms with Gasteiger partial charge in [0.15, 0.2) is 11.5 Å². The second-order valence-corrected chi connectivity index (χ2v) is 4.24. The van der Waals surface area contributed by atoms with Crippen molar-refractivity contribution < 1.29 is 4.39 Å². The summed E-state index contributed by atoms with van der Waals surface area (Å²) in [5.41, 5.74) is 2.47. The number of fused-ring (bicyclic) bond motifs is 1. The minimum atomic E-state index is -0.246. The Bertz CT molecular complexity index is 814. The molecular weight excluding hydrogens is 243 g/mol. The highest BCUT2D eigenvalue weighted by Crippen LogP contribution is 2.21. The van der Waals surface area contributed by atoms with Crippen LogP contribution in [0.3, 0.4) is 0 Å². The smallest absolute Gasteiger partial charge is 0.168 e. The van der Waals surface area contributed by atoms with Crippen LogP contribution in [0.5, 0.6) is 0 Å². The van der Waals surface area contributed by atoms with E-state index in [0.717, 1.165) is 5.56 Å². The van der Waals surface area contributed by atoms with E-state index in [1.165, 1.54) is 6.07 Å². The number of benzene rings is 1. The molecule has 0 spiro atoms. The summed E-state index contributed by atoms with van der Waals surface area (Å²) in [6, 6.07) is 10.2. The fourth-order valence-electron chi connectivity index (χ4n) is 1.94. The van der Waals surface area contributed by atoms with Crippen molar-refractivity contribution in [1.29, 1.82) is 5.26 Å². The minimum absolute atomic E-state index is 0.246. The number of rotatable bonds is 1. The molecule has 0 fully saturated rings. The zero-order valence-corrected chi connectivity index (χ0v) is 10.1. The van der Waals surface area contributed by atoms with Crippen LogP contribution in [0.4, 0.5) is 4.39 Å². The van der Waals surface area contributed by atoms with Crippen LogP contribution < -0.4 is 0 Å². The van der Waals surface area contributed by atoms with E-state index in [9.17, 15) is 4.39 Å². The quantitative estimate of drug-likeness (QED) is 0.669. The lowest BCUT2D eigenvalue weighted by Gasteiger charge is -2.02. The van der Waals surface area contributed by atoms with Gasteiger partial charge in [-0.1, -0.05) is 0 Å². The van der Waals surface area contributed by atoms with Crippen molar-refractivity contribution in [3.63, 3.8) is 0 Å². The number of halogens is 1. The van der Waals surface area contributed by atoms with E-state index in [0.29, 0.717) is 22.6 Å². The third kappa shape index (κ3) is 1.83. The minimum Gasteiger partial charge on any atom is -0.282 e. The molecule has 3 rings (SSSR count). The number of nitrogens with zero attached hydrogens (tertiary/aromatic N) is 4. The van der Waals surface area contributed by atoms with Gasteiger partial charge < -0.3 is 0 Å². The van der Waals surface area contributed by atoms with E-state index >= 15 is 0 Å². The highest BCUT2D eigenvalue weighted by Gasteiger charge is 2.09. The second kappa shape index (κ2) is 4.18. The number of pyridine rings is 1. The average Bonchev–Trinajstić information content (AvgIpc) is 2.84. The summed E-state index contributed by atoms with van der Waals surface area (Å²) in [7, 11) is 0. The van der Waals surface area contributed by atoms with Crippen molar-refractivity contribution in [2.24, 2.45) is 0 Å². The van der Waals surface area contributed by atoms with Gasteiger partial charge in [0.05, 0.1) is 11.6 Å². The van der Waals surface area contributed by atoms with Crippen molar-refractivity contribution in [3.8, 4) is 17.5 Å². The van der Waals surface area contributed by atoms with Gasteiger partial charge >= 0.3 is 0 Å². The van der Waals surface area contributed by atoms with Gasteiger partial charge in [-0.15, -0.1) is 10.2 Å². The van der Waals surface area contributed by atoms with Crippen LogP contribution in [-0.2, 0) is 0 Å². The molecule has 5 heteroatoms. The van der Waals surface area contributed by atoms with Crippen LogP contribution >= 0.6 is 0 Å². The first-order valence-corrected chi connectivity index (χ1v) is 5.70. The Morgan fingerprint density at radius 2 is 2.05 bits per heavy atom. The molecule has 0 saturated carbocycles. The van der Waals surface area contributed by atoms with Gasteiger partial charge in [0.25, 0.3) is 0 Å². The third-order valence-corrected chi connectivity index (χ3v) is 2.96. The molecule has 1 aromatic carbocycles. The maximum Gasteiger partial charge on any atom is 0.168 e. The summed E-state index contributed by atoms with van der Waals surface area (Å²) < 4.78 is 15.0. The maximum absolute atomic E-state index is 13.3. The molecule has 0 N–H and O–H groups in total. The van der Waals surface area contributed by atoms with Crippen LogP contribution in [-0.4, -0.2) is 14.6 Å². The molecule has 2 aromatic heterocycles. The molecule has 0 unspecified atom stereocenters. The molecule has 0 saturated heterocycles. The van der Waals surface area contributed by atoms with Gasteiger partial charge in [-0.05, 0) is 36.8 Å². The van der Waals surface area contributed by atoms with Crippen molar-refractivity contribution in [3.05, 3.63) is 53.5 Å². The predicted molar refractivity (Wildman–Crippen MR) is 67.8 cm³/mol. The first-order chi connectivity index (χ1) is 9.19. The van der Waals surface area contributed by atoms with E-state index in [1.54, 1.807) is 41.8 Å². The standard InChI is InChI=1S/C14H9FN4/c1-9-6-11(2-3-12(9)15)14-18-17-13-7-10(8-16)4-5-19(13)14/h2-7H,1H3. The van der Waals surface area contributed by atoms with Crippen LogP contribution in [0, 0.1) is 24.1 Å². The number of hydrogen-bond acceptors (Lipinski definition) is 3. The summed E-state index contributed by atoms with van der Waals surface area (Å²) in [4.78, 5) is 0. The van der Waals surface area contributed by atoms with Crippen molar-refractivity contribution in [2.75, 3.05) is 0 Å². The summed E-state index contributed by atoms with van der Waals surface area (Å²) >= 11 is 0. The third-order valence-electron chi connectivity index (χ3n) is 2.96. The van der Waals surface area contributed by atoms with Crippen molar-refractivity contribution in [2.45, 2.75) is 6.92 Å². The largest absolute Gasteiger partial charge is 0.282 e. The number of aromatic nitrogens is 3. The summed E-state index contributed by atoms with van der Waals surface area (Å²) in [5, 5.41) is 17.0. The lowest BCUT2D eigenvalue weighted by atomic mass is 10.1.